The fourth-order valence-corrected chi connectivity index (χ4v) is 2.73. The average molecular weight is 362 g/mol. The molecule has 10 heteroatoms. The Bertz CT molecular complexity index is 880. The molecule has 0 aliphatic rings. The van der Waals surface area contributed by atoms with Crippen LogP contribution in [0.15, 0.2) is 64.6 Å². The van der Waals surface area contributed by atoms with Gasteiger partial charge in [-0.1, -0.05) is 30.3 Å². The maximum atomic E-state index is 12.0. The van der Waals surface area contributed by atoms with Crippen LogP contribution >= 0.6 is 0 Å². The van der Waals surface area contributed by atoms with Crippen molar-refractivity contribution in [3.63, 3.8) is 0 Å². The van der Waals surface area contributed by atoms with Crippen molar-refractivity contribution in [1.82, 2.24) is 10.1 Å². The molecule has 2 aromatic carbocycles. The molecule has 0 spiro atoms. The van der Waals surface area contributed by atoms with Crippen LogP contribution in [0.25, 0.3) is 0 Å². The Labute approximate surface area is 143 Å². The van der Waals surface area contributed by atoms with E-state index in [1.807, 2.05) is 18.2 Å². The molecule has 0 heterocycles. The van der Waals surface area contributed by atoms with Gasteiger partial charge in [-0.25, -0.2) is 18.6 Å². The summed E-state index contributed by atoms with van der Waals surface area (Å²) in [5.41, 5.74) is 2.74. The normalized spacial score (nSPS) is 11.4. The van der Waals surface area contributed by atoms with E-state index in [0.717, 1.165) is 29.8 Å². The second kappa shape index (κ2) is 8.13. The zero-order valence-corrected chi connectivity index (χ0v) is 13.6. The summed E-state index contributed by atoms with van der Waals surface area (Å²) in [6.45, 7) is -0.522. The fourth-order valence-electron chi connectivity index (χ4n) is 1.75. The number of hydrogen-bond donors (Lipinski definition) is 2. The highest BCUT2D eigenvalue weighted by molar-refractivity contribution is 7.89. The molecule has 0 saturated carbocycles. The van der Waals surface area contributed by atoms with Crippen molar-refractivity contribution in [3.05, 3.63) is 70.3 Å². The minimum atomic E-state index is -3.96. The Morgan fingerprint density at radius 2 is 1.76 bits per heavy atom. The number of carbonyl (C=O) groups is 1. The molecule has 0 atom stereocenters. The molecule has 25 heavy (non-hydrogen) atoms. The highest BCUT2D eigenvalue weighted by Crippen LogP contribution is 2.15. The highest BCUT2D eigenvalue weighted by atomic mass is 32.2. The van der Waals surface area contributed by atoms with Crippen molar-refractivity contribution in [2.24, 2.45) is 5.10 Å². The molecule has 130 valence electrons. The number of non-ortho nitro benzene ring substituents is 1. The maximum absolute atomic E-state index is 12.0. The number of benzene rings is 2. The summed E-state index contributed by atoms with van der Waals surface area (Å²) in [5, 5.41) is 14.3. The summed E-state index contributed by atoms with van der Waals surface area (Å²) in [5.74, 6) is -0.655. The van der Waals surface area contributed by atoms with E-state index in [2.05, 4.69) is 15.2 Å². The number of nitrogens with one attached hydrogen (secondary N) is 2. The van der Waals surface area contributed by atoms with Crippen molar-refractivity contribution >= 4 is 27.8 Å². The topological polar surface area (TPSA) is 131 Å². The first kappa shape index (κ1) is 18.2. The van der Waals surface area contributed by atoms with Gasteiger partial charge in [0.15, 0.2) is 0 Å². The van der Waals surface area contributed by atoms with Gasteiger partial charge in [-0.05, 0) is 17.7 Å². The van der Waals surface area contributed by atoms with Crippen LogP contribution in [0.3, 0.4) is 0 Å². The van der Waals surface area contributed by atoms with Crippen molar-refractivity contribution in [2.45, 2.75) is 4.90 Å². The van der Waals surface area contributed by atoms with E-state index in [4.69, 9.17) is 0 Å². The first-order valence-electron chi connectivity index (χ1n) is 6.99. The second-order valence-electron chi connectivity index (χ2n) is 4.78. The quantitative estimate of drug-likeness (QED) is 0.431. The number of nitrogens with zero attached hydrogens (tertiary/aromatic N) is 2. The lowest BCUT2D eigenvalue weighted by molar-refractivity contribution is -0.384. The lowest BCUT2D eigenvalue weighted by Gasteiger charge is -2.05. The maximum Gasteiger partial charge on any atom is 0.269 e. The van der Waals surface area contributed by atoms with Crippen LogP contribution < -0.4 is 10.1 Å². The molecule has 0 bridgehead atoms. The van der Waals surface area contributed by atoms with Crippen molar-refractivity contribution in [1.29, 1.82) is 0 Å². The fraction of sp³-hybridized carbons (Fsp3) is 0.0667. The molecule has 2 aromatic rings. The van der Waals surface area contributed by atoms with Gasteiger partial charge in [-0.3, -0.25) is 14.9 Å². The minimum absolute atomic E-state index is 0.182. The Hall–Kier alpha value is -3.11. The monoisotopic (exact) mass is 362 g/mol. The molecule has 0 radical (unpaired) electrons. The third-order valence-electron chi connectivity index (χ3n) is 2.98. The van der Waals surface area contributed by atoms with Gasteiger partial charge in [-0.15, -0.1) is 0 Å². The van der Waals surface area contributed by atoms with Crippen LogP contribution in [-0.4, -0.2) is 32.0 Å². The summed E-state index contributed by atoms with van der Waals surface area (Å²) < 4.78 is 26.1. The Balaban J connectivity index is 1.89. The van der Waals surface area contributed by atoms with Gasteiger partial charge < -0.3 is 0 Å². The van der Waals surface area contributed by atoms with Crippen molar-refractivity contribution in [3.8, 4) is 0 Å². The van der Waals surface area contributed by atoms with E-state index in [9.17, 15) is 23.3 Å². The van der Waals surface area contributed by atoms with E-state index in [0.29, 0.717) is 0 Å². The van der Waals surface area contributed by atoms with Crippen LogP contribution in [0.5, 0.6) is 0 Å². The van der Waals surface area contributed by atoms with Crippen LogP contribution in [0.1, 0.15) is 5.56 Å². The van der Waals surface area contributed by atoms with E-state index in [1.165, 1.54) is 6.21 Å². The number of rotatable bonds is 7. The predicted octanol–water partition coefficient (Wildman–Crippen LogP) is 1.02. The van der Waals surface area contributed by atoms with Crippen LogP contribution in [-0.2, 0) is 14.8 Å². The summed E-state index contributed by atoms with van der Waals surface area (Å²) >= 11 is 0. The van der Waals surface area contributed by atoms with Crippen molar-refractivity contribution in [2.75, 3.05) is 6.54 Å². The molecule has 1 amide bonds. The molecule has 0 aliphatic heterocycles. The summed E-state index contributed by atoms with van der Waals surface area (Å²) in [7, 11) is -3.96. The summed E-state index contributed by atoms with van der Waals surface area (Å²) in [6.07, 6.45) is 1.42. The first-order chi connectivity index (χ1) is 11.9. The van der Waals surface area contributed by atoms with E-state index >= 15 is 0 Å². The number of sulfonamides is 1. The summed E-state index contributed by atoms with van der Waals surface area (Å²) in [4.78, 5) is 21.3. The standard InChI is InChI=1S/C15H14N4O5S/c20-15(18-16-10-12-4-2-1-3-5-12)11-17-25(23,24)14-8-6-13(7-9-14)19(21)22/h1-10,17H,11H2,(H,18,20)/b16-10-. The molecule has 0 aromatic heterocycles. The van der Waals surface area contributed by atoms with Gasteiger partial charge >= 0.3 is 0 Å². The van der Waals surface area contributed by atoms with E-state index in [1.54, 1.807) is 12.1 Å². The number of amides is 1. The lowest BCUT2D eigenvalue weighted by atomic mass is 10.2. The zero-order chi connectivity index (χ0) is 18.3. The molecule has 0 unspecified atom stereocenters. The summed E-state index contributed by atoms with van der Waals surface area (Å²) in [6, 6.07) is 13.3. The molecular formula is C15H14N4O5S. The molecule has 2 N–H and O–H groups in total. The zero-order valence-electron chi connectivity index (χ0n) is 12.8. The smallest absolute Gasteiger partial charge is 0.269 e. The van der Waals surface area contributed by atoms with Gasteiger partial charge in [0, 0.05) is 12.1 Å². The van der Waals surface area contributed by atoms with Gasteiger partial charge in [0.1, 0.15) is 0 Å². The molecular weight excluding hydrogens is 348 g/mol. The number of nitro groups is 1. The van der Waals surface area contributed by atoms with Crippen LogP contribution in [0.4, 0.5) is 5.69 Å². The Kier molecular flexibility index (Phi) is 5.93. The number of hydrazone groups is 1. The molecule has 0 fully saturated rings. The van der Waals surface area contributed by atoms with Crippen molar-refractivity contribution < 1.29 is 18.1 Å². The number of carbonyl (C=O) groups excluding carboxylic acids is 1. The Morgan fingerprint density at radius 1 is 1.12 bits per heavy atom. The number of nitro benzene ring substituents is 1. The van der Waals surface area contributed by atoms with Gasteiger partial charge in [0.05, 0.1) is 22.6 Å². The predicted molar refractivity (Wildman–Crippen MR) is 90.5 cm³/mol. The molecule has 0 aliphatic carbocycles. The van der Waals surface area contributed by atoms with Crippen LogP contribution in [0.2, 0.25) is 0 Å². The van der Waals surface area contributed by atoms with E-state index < -0.39 is 27.4 Å². The highest BCUT2D eigenvalue weighted by Gasteiger charge is 2.16. The van der Waals surface area contributed by atoms with Gasteiger partial charge in [0.2, 0.25) is 10.0 Å². The Morgan fingerprint density at radius 3 is 2.36 bits per heavy atom. The van der Waals surface area contributed by atoms with E-state index in [-0.39, 0.29) is 10.6 Å². The molecule has 9 nitrogen and oxygen atoms in total. The van der Waals surface area contributed by atoms with Gasteiger partial charge in [0.25, 0.3) is 11.6 Å². The average Bonchev–Trinajstić information content (AvgIpc) is 2.61. The number of hydrogen-bond acceptors (Lipinski definition) is 6. The van der Waals surface area contributed by atoms with Gasteiger partial charge in [-0.2, -0.15) is 5.10 Å². The SMILES string of the molecule is O=C(CNS(=O)(=O)c1ccc([N+](=O)[O-])cc1)N/N=C\c1ccccc1. The third kappa shape index (κ3) is 5.48. The molecule has 2 rings (SSSR count). The largest absolute Gasteiger partial charge is 0.272 e. The first-order valence-corrected chi connectivity index (χ1v) is 8.48. The molecule has 0 saturated heterocycles. The van der Waals surface area contributed by atoms with Crippen LogP contribution in [0, 0.1) is 10.1 Å². The minimum Gasteiger partial charge on any atom is -0.272 e. The lowest BCUT2D eigenvalue weighted by Crippen LogP contribution is -2.34. The third-order valence-corrected chi connectivity index (χ3v) is 4.40. The second-order valence-corrected chi connectivity index (χ2v) is 6.55.